The second-order valence-corrected chi connectivity index (χ2v) is 11.5. The van der Waals surface area contributed by atoms with Gasteiger partial charge in [0.1, 0.15) is 11.4 Å². The highest BCUT2D eigenvalue weighted by Gasteiger charge is 2.47. The lowest BCUT2D eigenvalue weighted by Crippen LogP contribution is -2.42. The van der Waals surface area contributed by atoms with Crippen molar-refractivity contribution in [1.29, 1.82) is 10.5 Å². The Morgan fingerprint density at radius 2 is 1.62 bits per heavy atom. The molecule has 2 saturated carbocycles. The van der Waals surface area contributed by atoms with Crippen molar-refractivity contribution in [2.45, 2.75) is 62.8 Å². The smallest absolute Gasteiger partial charge is 0.225 e. The maximum atomic E-state index is 13.7. The molecule has 2 unspecified atom stereocenters. The third kappa shape index (κ3) is 5.19. The minimum Gasteiger partial charge on any atom is -0.371 e. The molecule has 3 aromatic rings. The van der Waals surface area contributed by atoms with Crippen LogP contribution in [0.4, 0.5) is 10.1 Å². The summed E-state index contributed by atoms with van der Waals surface area (Å²) in [6.07, 6.45) is 8.75. The maximum Gasteiger partial charge on any atom is 0.225 e. The Morgan fingerprint density at radius 3 is 2.27 bits per heavy atom. The lowest BCUT2D eigenvalue weighted by atomic mass is 9.75. The molecule has 1 aromatic heterocycles. The Morgan fingerprint density at radius 1 is 0.950 bits per heavy atom. The molecule has 0 radical (unpaired) electrons. The lowest BCUT2D eigenvalue weighted by Gasteiger charge is -2.31. The van der Waals surface area contributed by atoms with Crippen LogP contribution in [0.2, 0.25) is 0 Å². The second kappa shape index (κ2) is 10.8. The summed E-state index contributed by atoms with van der Waals surface area (Å²) in [5.74, 6) is -0.553. The maximum absolute atomic E-state index is 13.7. The van der Waals surface area contributed by atoms with E-state index in [1.165, 1.54) is 12.1 Å². The molecule has 204 valence electrons. The summed E-state index contributed by atoms with van der Waals surface area (Å²) in [6, 6.07) is 19.4. The Kier molecular flexibility index (Phi) is 7.02. The number of anilines is 1. The summed E-state index contributed by atoms with van der Waals surface area (Å²) in [7, 11) is 0. The number of benzene rings is 2. The van der Waals surface area contributed by atoms with E-state index in [0.29, 0.717) is 12.8 Å². The van der Waals surface area contributed by atoms with Gasteiger partial charge in [-0.3, -0.25) is 4.79 Å². The minimum absolute atomic E-state index is 0.0536. The molecular weight excluding hydrogens is 503 g/mol. The average molecular weight is 537 g/mol. The van der Waals surface area contributed by atoms with Crippen molar-refractivity contribution in [3.8, 4) is 29.0 Å². The molecule has 1 saturated heterocycles. The van der Waals surface area contributed by atoms with Gasteiger partial charge in [-0.15, -0.1) is 0 Å². The van der Waals surface area contributed by atoms with Gasteiger partial charge in [0, 0.05) is 48.3 Å². The van der Waals surface area contributed by atoms with Crippen molar-refractivity contribution >= 4 is 11.6 Å². The number of piperidine rings is 1. The quantitative estimate of drug-likeness (QED) is 0.425. The molecule has 3 fully saturated rings. The first-order chi connectivity index (χ1) is 19.5. The molecule has 40 heavy (non-hydrogen) atoms. The fraction of sp³-hybridized carbons (Fsp3) is 0.438. The van der Waals surface area contributed by atoms with Gasteiger partial charge in [0.05, 0.1) is 23.5 Å². The number of hydrogen-bond acceptors (Lipinski definition) is 5. The number of amides is 1. The fourth-order valence-corrected chi connectivity index (χ4v) is 6.22. The topological polar surface area (TPSA) is 97.7 Å². The molecule has 1 N–H and O–H groups in total. The van der Waals surface area contributed by atoms with Crippen LogP contribution in [0.5, 0.6) is 0 Å². The van der Waals surface area contributed by atoms with Crippen LogP contribution >= 0.6 is 0 Å². The zero-order valence-electron chi connectivity index (χ0n) is 22.5. The van der Waals surface area contributed by atoms with Gasteiger partial charge in [0.15, 0.2) is 0 Å². The largest absolute Gasteiger partial charge is 0.371 e. The molecular formula is C32H33FN6O. The van der Waals surface area contributed by atoms with Gasteiger partial charge in [-0.05, 0) is 80.5 Å². The first-order valence-electron chi connectivity index (χ1n) is 14.3. The van der Waals surface area contributed by atoms with Gasteiger partial charge in [-0.25, -0.2) is 9.07 Å². The zero-order chi connectivity index (χ0) is 27.7. The van der Waals surface area contributed by atoms with Gasteiger partial charge >= 0.3 is 0 Å². The predicted molar refractivity (Wildman–Crippen MR) is 150 cm³/mol. The average Bonchev–Trinajstić information content (AvgIpc) is 3.64. The lowest BCUT2D eigenvalue weighted by molar-refractivity contribution is -0.127. The van der Waals surface area contributed by atoms with Crippen molar-refractivity contribution in [1.82, 2.24) is 15.1 Å². The van der Waals surface area contributed by atoms with Crippen molar-refractivity contribution in [3.63, 3.8) is 0 Å². The second-order valence-electron chi connectivity index (χ2n) is 11.5. The van der Waals surface area contributed by atoms with E-state index in [-0.39, 0.29) is 29.5 Å². The van der Waals surface area contributed by atoms with Crippen molar-refractivity contribution in [2.75, 3.05) is 18.0 Å². The van der Waals surface area contributed by atoms with Crippen LogP contribution in [-0.4, -0.2) is 34.3 Å². The third-order valence-electron chi connectivity index (χ3n) is 8.84. The van der Waals surface area contributed by atoms with Gasteiger partial charge in [0.2, 0.25) is 5.91 Å². The summed E-state index contributed by atoms with van der Waals surface area (Å²) in [5.41, 5.74) is 4.03. The first kappa shape index (κ1) is 26.1. The number of carbonyl (C=O) groups is 1. The number of aromatic nitrogens is 2. The van der Waals surface area contributed by atoms with Crippen LogP contribution in [0.15, 0.2) is 54.7 Å². The number of nitrogens with zero attached hydrogens (tertiary/aromatic N) is 5. The van der Waals surface area contributed by atoms with Gasteiger partial charge in [0.25, 0.3) is 0 Å². The van der Waals surface area contributed by atoms with E-state index < -0.39 is 5.54 Å². The normalized spacial score (nSPS) is 22.2. The SMILES string of the molecule is N#CC1CCN(c2ccc(-c3cn(-c4ccc(F)cc4)nc3C3CCCCC3C(=O)NC3(C#N)CC3)cc2)CC1. The molecule has 6 rings (SSSR count). The summed E-state index contributed by atoms with van der Waals surface area (Å²) in [6.45, 7) is 1.74. The molecule has 2 aromatic carbocycles. The summed E-state index contributed by atoms with van der Waals surface area (Å²) in [5, 5.41) is 26.8. The molecule has 1 aliphatic heterocycles. The molecule has 3 aliphatic rings. The minimum atomic E-state index is -0.701. The number of hydrogen-bond donors (Lipinski definition) is 1. The highest BCUT2D eigenvalue weighted by atomic mass is 19.1. The van der Waals surface area contributed by atoms with E-state index in [4.69, 9.17) is 5.10 Å². The Bertz CT molecular complexity index is 1450. The monoisotopic (exact) mass is 536 g/mol. The third-order valence-corrected chi connectivity index (χ3v) is 8.84. The summed E-state index contributed by atoms with van der Waals surface area (Å²) < 4.78 is 15.5. The van der Waals surface area contributed by atoms with Gasteiger partial charge in [-0.1, -0.05) is 25.0 Å². The van der Waals surface area contributed by atoms with Crippen LogP contribution in [0.3, 0.4) is 0 Å². The van der Waals surface area contributed by atoms with E-state index in [0.717, 1.165) is 79.8 Å². The van der Waals surface area contributed by atoms with Crippen molar-refractivity contribution < 1.29 is 9.18 Å². The van der Waals surface area contributed by atoms with Crippen molar-refractivity contribution in [3.05, 3.63) is 66.2 Å². The predicted octanol–water partition coefficient (Wildman–Crippen LogP) is 5.86. The van der Waals surface area contributed by atoms with E-state index in [1.54, 1.807) is 16.8 Å². The highest BCUT2D eigenvalue weighted by molar-refractivity contribution is 5.82. The Hall–Kier alpha value is -4.17. The molecule has 2 atom stereocenters. The fourth-order valence-electron chi connectivity index (χ4n) is 6.22. The number of rotatable bonds is 6. The molecule has 2 heterocycles. The Balaban J connectivity index is 1.33. The molecule has 8 heteroatoms. The Labute approximate surface area is 234 Å². The van der Waals surface area contributed by atoms with Gasteiger partial charge < -0.3 is 10.2 Å². The van der Waals surface area contributed by atoms with Crippen LogP contribution in [0.1, 0.15) is 63.0 Å². The van der Waals surface area contributed by atoms with E-state index in [1.807, 2.05) is 6.20 Å². The summed E-state index contributed by atoms with van der Waals surface area (Å²) in [4.78, 5) is 15.8. The van der Waals surface area contributed by atoms with E-state index in [2.05, 4.69) is 46.6 Å². The van der Waals surface area contributed by atoms with Gasteiger partial charge in [-0.2, -0.15) is 15.6 Å². The summed E-state index contributed by atoms with van der Waals surface area (Å²) >= 11 is 0. The number of halogens is 1. The molecule has 0 bridgehead atoms. The van der Waals surface area contributed by atoms with Crippen LogP contribution < -0.4 is 10.2 Å². The van der Waals surface area contributed by atoms with Crippen LogP contribution in [0.25, 0.3) is 16.8 Å². The van der Waals surface area contributed by atoms with E-state index in [9.17, 15) is 19.7 Å². The molecule has 1 amide bonds. The number of carbonyl (C=O) groups excluding carboxylic acids is 1. The number of nitriles is 2. The highest BCUT2D eigenvalue weighted by Crippen LogP contribution is 2.43. The van der Waals surface area contributed by atoms with Crippen molar-refractivity contribution in [2.24, 2.45) is 11.8 Å². The van der Waals surface area contributed by atoms with Crippen LogP contribution in [-0.2, 0) is 4.79 Å². The molecule has 0 spiro atoms. The molecule has 2 aliphatic carbocycles. The molecule has 7 nitrogen and oxygen atoms in total. The zero-order valence-corrected chi connectivity index (χ0v) is 22.5. The van der Waals surface area contributed by atoms with Crippen LogP contribution in [0, 0.1) is 40.3 Å². The number of nitrogens with one attached hydrogen (secondary N) is 1. The standard InChI is InChI=1S/C32H33FN6O/c33-24-7-11-26(12-8-24)39-20-29(23-5-9-25(10-6-23)38-17-13-22(19-34)14-18-38)30(37-39)27-3-1-2-4-28(27)31(40)36-32(21-35)15-16-32/h5-12,20,22,27-28H,1-4,13-18H2,(H,36,40). The van der Waals surface area contributed by atoms with E-state index >= 15 is 0 Å². The first-order valence-corrected chi connectivity index (χ1v) is 14.3.